The van der Waals surface area contributed by atoms with Gasteiger partial charge in [0.1, 0.15) is 0 Å². The number of aryl methyl sites for hydroxylation is 2. The van der Waals surface area contributed by atoms with E-state index in [0.29, 0.717) is 0 Å². The molecule has 0 fully saturated rings. The first kappa shape index (κ1) is 21.3. The summed E-state index contributed by atoms with van der Waals surface area (Å²) in [7, 11) is 0. The third-order valence-electron chi connectivity index (χ3n) is 4.06. The summed E-state index contributed by atoms with van der Waals surface area (Å²) in [6, 6.07) is 16.9. The molecule has 0 N–H and O–H groups in total. The van der Waals surface area contributed by atoms with Crippen molar-refractivity contribution in [2.24, 2.45) is 9.98 Å². The summed E-state index contributed by atoms with van der Waals surface area (Å²) in [5, 5.41) is 0. The Morgan fingerprint density at radius 2 is 1.48 bits per heavy atom. The van der Waals surface area contributed by atoms with Crippen LogP contribution in [0.2, 0.25) is 0 Å². The molecule has 0 amide bonds. The van der Waals surface area contributed by atoms with E-state index in [-0.39, 0.29) is 16.5 Å². The van der Waals surface area contributed by atoms with Crippen LogP contribution in [-0.4, -0.2) is 11.9 Å². The van der Waals surface area contributed by atoms with Gasteiger partial charge in [-0.2, -0.15) is 0 Å². The molecule has 0 aromatic heterocycles. The first-order valence-electron chi connectivity index (χ1n) is 9.04. The molecule has 0 atom stereocenters. The molecule has 0 aliphatic carbocycles. The van der Waals surface area contributed by atoms with Crippen molar-refractivity contribution in [1.82, 2.24) is 0 Å². The van der Waals surface area contributed by atoms with E-state index in [9.17, 15) is 0 Å². The van der Waals surface area contributed by atoms with E-state index < -0.39 is 0 Å². The summed E-state index contributed by atoms with van der Waals surface area (Å²) in [4.78, 5) is 9.48. The molecule has 2 nitrogen and oxygen atoms in total. The van der Waals surface area contributed by atoms with E-state index in [1.54, 1.807) is 0 Å². The molecular formula is C22H28N2Ni. The Morgan fingerprint density at radius 1 is 0.880 bits per heavy atom. The van der Waals surface area contributed by atoms with Crippen LogP contribution in [0.1, 0.15) is 51.2 Å². The average molecular weight is 379 g/mol. The maximum absolute atomic E-state index is 4.83. The molecule has 0 aliphatic rings. The zero-order chi connectivity index (χ0) is 17.2. The number of hydrogen-bond acceptors (Lipinski definition) is 2. The number of unbranched alkanes of at least 4 members (excludes halogenated alkanes) is 1. The molecule has 0 bridgehead atoms. The Bertz CT molecular complexity index is 705. The zero-order valence-electron chi connectivity index (χ0n) is 15.4. The molecule has 25 heavy (non-hydrogen) atoms. The second-order valence-corrected chi connectivity index (χ2v) is 6.01. The molecule has 2 rings (SSSR count). The van der Waals surface area contributed by atoms with Gasteiger partial charge in [-0.25, -0.2) is 0 Å². The summed E-state index contributed by atoms with van der Waals surface area (Å²) in [5.41, 5.74) is 5.70. The van der Waals surface area contributed by atoms with Crippen molar-refractivity contribution in [2.75, 3.05) is 0 Å². The van der Waals surface area contributed by atoms with Crippen molar-refractivity contribution in [3.8, 4) is 0 Å². The number of rotatable bonds is 8. The Kier molecular flexibility index (Phi) is 10.0. The molecule has 2 aromatic rings. The van der Waals surface area contributed by atoms with Crippen molar-refractivity contribution in [1.29, 1.82) is 0 Å². The van der Waals surface area contributed by atoms with Gasteiger partial charge in [0.15, 0.2) is 0 Å². The standard InChI is InChI=1S/C22H28N2.Ni/c1-4-7-12-22(24-21-14-9-11-19(6-3)16-21)17-23-20-13-8-10-18(5-2)15-20;/h8-11,13-17H,4-7,12H2,1-3H3;. The maximum atomic E-state index is 4.83. The van der Waals surface area contributed by atoms with Crippen LogP contribution in [0.4, 0.5) is 11.4 Å². The summed E-state index contributed by atoms with van der Waals surface area (Å²) in [5.74, 6) is 0. The van der Waals surface area contributed by atoms with Gasteiger partial charge in [-0.05, 0) is 61.1 Å². The molecule has 0 spiro atoms. The van der Waals surface area contributed by atoms with Crippen LogP contribution < -0.4 is 0 Å². The van der Waals surface area contributed by atoms with E-state index in [1.807, 2.05) is 12.3 Å². The van der Waals surface area contributed by atoms with Crippen LogP contribution in [0.5, 0.6) is 0 Å². The largest absolute Gasteiger partial charge is 0.255 e. The number of nitrogens with zero attached hydrogens (tertiary/aromatic N) is 2. The molecule has 0 saturated heterocycles. The first-order valence-corrected chi connectivity index (χ1v) is 9.04. The van der Waals surface area contributed by atoms with Gasteiger partial charge in [0, 0.05) is 22.7 Å². The molecule has 0 unspecified atom stereocenters. The summed E-state index contributed by atoms with van der Waals surface area (Å²) in [6.45, 7) is 6.54. The van der Waals surface area contributed by atoms with Crippen LogP contribution >= 0.6 is 0 Å². The smallest absolute Gasteiger partial charge is 0.0636 e. The summed E-state index contributed by atoms with van der Waals surface area (Å²) in [6.07, 6.45) is 7.25. The van der Waals surface area contributed by atoms with Crippen molar-refractivity contribution in [3.63, 3.8) is 0 Å². The second kappa shape index (κ2) is 11.8. The van der Waals surface area contributed by atoms with Crippen LogP contribution in [0, 0.1) is 0 Å². The fourth-order valence-corrected chi connectivity index (χ4v) is 2.52. The maximum Gasteiger partial charge on any atom is 0.0636 e. The van der Waals surface area contributed by atoms with Gasteiger partial charge < -0.3 is 0 Å². The van der Waals surface area contributed by atoms with E-state index in [2.05, 4.69) is 68.2 Å². The van der Waals surface area contributed by atoms with Crippen LogP contribution in [0.25, 0.3) is 0 Å². The molecule has 136 valence electrons. The minimum Gasteiger partial charge on any atom is -0.255 e. The van der Waals surface area contributed by atoms with Crippen LogP contribution in [0.15, 0.2) is 58.5 Å². The minimum atomic E-state index is 0. The molecule has 0 aliphatic heterocycles. The van der Waals surface area contributed by atoms with Gasteiger partial charge in [-0.3, -0.25) is 9.98 Å². The van der Waals surface area contributed by atoms with Crippen molar-refractivity contribution in [3.05, 3.63) is 59.7 Å². The fraction of sp³-hybridized carbons (Fsp3) is 0.364. The normalized spacial score (nSPS) is 11.6. The van der Waals surface area contributed by atoms with Gasteiger partial charge in [0.25, 0.3) is 0 Å². The molecule has 2 aromatic carbocycles. The predicted octanol–water partition coefficient (Wildman–Crippen LogP) is 6.47. The Morgan fingerprint density at radius 3 is 2.08 bits per heavy atom. The molecular weight excluding hydrogens is 351 g/mol. The van der Waals surface area contributed by atoms with Crippen molar-refractivity contribution in [2.45, 2.75) is 52.9 Å². The minimum absolute atomic E-state index is 0. The third kappa shape index (κ3) is 7.36. The second-order valence-electron chi connectivity index (χ2n) is 6.01. The van der Waals surface area contributed by atoms with E-state index in [4.69, 9.17) is 4.99 Å². The monoisotopic (exact) mass is 378 g/mol. The van der Waals surface area contributed by atoms with E-state index in [0.717, 1.165) is 49.2 Å². The average Bonchev–Trinajstić information content (AvgIpc) is 2.64. The zero-order valence-corrected chi connectivity index (χ0v) is 16.4. The molecule has 0 radical (unpaired) electrons. The quantitative estimate of drug-likeness (QED) is 0.371. The number of benzene rings is 2. The van der Waals surface area contributed by atoms with Gasteiger partial charge in [0.05, 0.1) is 17.1 Å². The summed E-state index contributed by atoms with van der Waals surface area (Å²) >= 11 is 0. The van der Waals surface area contributed by atoms with Crippen molar-refractivity contribution < 1.29 is 16.5 Å². The van der Waals surface area contributed by atoms with Crippen molar-refractivity contribution >= 4 is 23.3 Å². The Hall–Kier alpha value is -1.73. The van der Waals surface area contributed by atoms with Crippen LogP contribution in [-0.2, 0) is 29.3 Å². The Balaban J connectivity index is 0.00000312. The SMILES string of the molecule is CCCCC(C=Nc1cccc(CC)c1)=Nc1cccc(CC)c1.[Ni]. The summed E-state index contributed by atoms with van der Waals surface area (Å²) < 4.78 is 0. The van der Waals surface area contributed by atoms with Gasteiger partial charge in [0.2, 0.25) is 0 Å². The predicted molar refractivity (Wildman–Crippen MR) is 106 cm³/mol. The fourth-order valence-electron chi connectivity index (χ4n) is 2.52. The number of hydrogen-bond donors (Lipinski definition) is 0. The topological polar surface area (TPSA) is 24.7 Å². The van der Waals surface area contributed by atoms with E-state index in [1.165, 1.54) is 11.1 Å². The number of aliphatic imine (C=N–C) groups is 2. The first-order chi connectivity index (χ1) is 11.7. The molecule has 0 heterocycles. The molecule has 3 heteroatoms. The van der Waals surface area contributed by atoms with Crippen LogP contribution in [0.3, 0.4) is 0 Å². The van der Waals surface area contributed by atoms with Gasteiger partial charge >= 0.3 is 0 Å². The Labute approximate surface area is 162 Å². The van der Waals surface area contributed by atoms with E-state index >= 15 is 0 Å². The molecule has 0 saturated carbocycles. The third-order valence-corrected chi connectivity index (χ3v) is 4.06. The van der Waals surface area contributed by atoms with Gasteiger partial charge in [-0.15, -0.1) is 0 Å². The van der Waals surface area contributed by atoms with Gasteiger partial charge in [-0.1, -0.05) is 51.5 Å².